The van der Waals surface area contributed by atoms with Gasteiger partial charge < -0.3 is 5.32 Å². The van der Waals surface area contributed by atoms with E-state index in [0.29, 0.717) is 22.6 Å². The van der Waals surface area contributed by atoms with Crippen molar-refractivity contribution >= 4 is 28.9 Å². The number of aromatic nitrogens is 2. The average Bonchev–Trinajstić information content (AvgIpc) is 2.97. The van der Waals surface area contributed by atoms with Gasteiger partial charge in [0.15, 0.2) is 0 Å². The van der Waals surface area contributed by atoms with Crippen molar-refractivity contribution in [1.29, 1.82) is 0 Å². The van der Waals surface area contributed by atoms with E-state index in [1.165, 1.54) is 32.1 Å². The highest BCUT2D eigenvalue weighted by Crippen LogP contribution is 2.30. The Balaban J connectivity index is 1.64. The summed E-state index contributed by atoms with van der Waals surface area (Å²) in [6, 6.07) is 8.13. The maximum absolute atomic E-state index is 6.15. The zero-order chi connectivity index (χ0) is 14.7. The summed E-state index contributed by atoms with van der Waals surface area (Å²) < 4.78 is 2.12. The molecule has 0 atom stereocenters. The van der Waals surface area contributed by atoms with Crippen LogP contribution in [-0.4, -0.2) is 9.78 Å². The lowest BCUT2D eigenvalue weighted by molar-refractivity contribution is 0.328. The zero-order valence-corrected chi connectivity index (χ0v) is 13.4. The largest absolute Gasteiger partial charge is 0.377 e. The molecule has 21 heavy (non-hydrogen) atoms. The first-order valence-electron chi connectivity index (χ1n) is 7.46. The number of anilines is 1. The van der Waals surface area contributed by atoms with Crippen molar-refractivity contribution in [2.75, 3.05) is 5.32 Å². The van der Waals surface area contributed by atoms with Gasteiger partial charge in [0, 0.05) is 6.20 Å². The topological polar surface area (TPSA) is 29.9 Å². The molecule has 1 aliphatic carbocycles. The van der Waals surface area contributed by atoms with Crippen LogP contribution < -0.4 is 5.32 Å². The van der Waals surface area contributed by atoms with Crippen molar-refractivity contribution in [2.24, 2.45) is 0 Å². The SMILES string of the molecule is Clc1cccc(Cl)c1NCc1ccn(C2CCCCC2)n1. The van der Waals surface area contributed by atoms with Crippen LogP contribution in [0.25, 0.3) is 0 Å². The Hall–Kier alpha value is -1.19. The molecule has 1 heterocycles. The maximum atomic E-state index is 6.15. The highest BCUT2D eigenvalue weighted by atomic mass is 35.5. The van der Waals surface area contributed by atoms with Gasteiger partial charge in [-0.2, -0.15) is 5.10 Å². The number of nitrogens with one attached hydrogen (secondary N) is 1. The summed E-state index contributed by atoms with van der Waals surface area (Å²) in [6.45, 7) is 0.628. The molecule has 0 bridgehead atoms. The predicted molar refractivity (Wildman–Crippen MR) is 88.1 cm³/mol. The molecule has 1 aliphatic rings. The third-order valence-corrected chi connectivity index (χ3v) is 4.65. The van der Waals surface area contributed by atoms with Crippen LogP contribution in [0.1, 0.15) is 43.8 Å². The third-order valence-electron chi connectivity index (χ3n) is 4.02. The van der Waals surface area contributed by atoms with Crippen LogP contribution in [0.2, 0.25) is 10.0 Å². The first kappa shape index (κ1) is 14.7. The highest BCUT2D eigenvalue weighted by molar-refractivity contribution is 6.39. The first-order valence-corrected chi connectivity index (χ1v) is 8.21. The summed E-state index contributed by atoms with van der Waals surface area (Å²) in [6.07, 6.45) is 8.55. The Bertz CT molecular complexity index is 583. The van der Waals surface area contributed by atoms with Crippen LogP contribution in [0.4, 0.5) is 5.69 Å². The van der Waals surface area contributed by atoms with Crippen molar-refractivity contribution in [1.82, 2.24) is 9.78 Å². The molecule has 0 amide bonds. The van der Waals surface area contributed by atoms with E-state index in [1.807, 2.05) is 18.2 Å². The molecule has 3 rings (SSSR count). The third kappa shape index (κ3) is 3.53. The van der Waals surface area contributed by atoms with Crippen molar-refractivity contribution in [3.8, 4) is 0 Å². The lowest BCUT2D eigenvalue weighted by Crippen LogP contribution is -2.13. The molecule has 1 fully saturated rings. The molecule has 1 saturated carbocycles. The molecular formula is C16H19Cl2N3. The van der Waals surface area contributed by atoms with E-state index in [-0.39, 0.29) is 0 Å². The average molecular weight is 324 g/mol. The van der Waals surface area contributed by atoms with Crippen molar-refractivity contribution in [3.05, 3.63) is 46.2 Å². The normalized spacial score (nSPS) is 16.1. The quantitative estimate of drug-likeness (QED) is 0.826. The Kier molecular flexibility index (Phi) is 4.71. The van der Waals surface area contributed by atoms with Gasteiger partial charge in [0.1, 0.15) is 0 Å². The monoisotopic (exact) mass is 323 g/mol. The fourth-order valence-electron chi connectivity index (χ4n) is 2.87. The van der Waals surface area contributed by atoms with Crippen LogP contribution in [0, 0.1) is 0 Å². The van der Waals surface area contributed by atoms with Gasteiger partial charge in [0.05, 0.1) is 34.0 Å². The number of hydrogen-bond acceptors (Lipinski definition) is 2. The zero-order valence-electron chi connectivity index (χ0n) is 11.9. The molecule has 0 spiro atoms. The molecule has 1 N–H and O–H groups in total. The Morgan fingerprint density at radius 1 is 1.10 bits per heavy atom. The molecule has 1 aromatic carbocycles. The van der Waals surface area contributed by atoms with Crippen molar-refractivity contribution in [2.45, 2.75) is 44.7 Å². The maximum Gasteiger partial charge on any atom is 0.0815 e. The Morgan fingerprint density at radius 3 is 2.52 bits per heavy atom. The fourth-order valence-corrected chi connectivity index (χ4v) is 3.40. The molecule has 2 aromatic rings. The standard InChI is InChI=1S/C16H19Cl2N3/c17-14-7-4-8-15(18)16(14)19-11-12-9-10-21(20-12)13-5-2-1-3-6-13/h4,7-10,13,19H,1-3,5-6,11H2. The van der Waals surface area contributed by atoms with Gasteiger partial charge in [0.2, 0.25) is 0 Å². The van der Waals surface area contributed by atoms with Gasteiger partial charge >= 0.3 is 0 Å². The fraction of sp³-hybridized carbons (Fsp3) is 0.438. The molecule has 1 aromatic heterocycles. The van der Waals surface area contributed by atoms with Gasteiger partial charge in [-0.1, -0.05) is 48.5 Å². The molecular weight excluding hydrogens is 305 g/mol. The lowest BCUT2D eigenvalue weighted by atomic mass is 9.96. The number of hydrogen-bond donors (Lipinski definition) is 1. The second-order valence-corrected chi connectivity index (χ2v) is 6.34. The van der Waals surface area contributed by atoms with Gasteiger partial charge in [-0.3, -0.25) is 4.68 Å². The lowest BCUT2D eigenvalue weighted by Gasteiger charge is -2.21. The molecule has 112 valence electrons. The highest BCUT2D eigenvalue weighted by Gasteiger charge is 2.16. The van der Waals surface area contributed by atoms with Crippen LogP contribution in [-0.2, 0) is 6.54 Å². The summed E-state index contributed by atoms with van der Waals surface area (Å²) in [4.78, 5) is 0. The number of nitrogens with zero attached hydrogens (tertiary/aromatic N) is 2. The van der Waals surface area contributed by atoms with Crippen LogP contribution in [0.5, 0.6) is 0 Å². The second-order valence-electron chi connectivity index (χ2n) is 5.53. The molecule has 0 aliphatic heterocycles. The summed E-state index contributed by atoms with van der Waals surface area (Å²) in [5.74, 6) is 0. The van der Waals surface area contributed by atoms with E-state index in [4.69, 9.17) is 23.2 Å². The minimum Gasteiger partial charge on any atom is -0.377 e. The predicted octanol–water partition coefficient (Wildman–Crippen LogP) is 5.31. The van der Waals surface area contributed by atoms with Gasteiger partial charge in [-0.05, 0) is 31.0 Å². The first-order chi connectivity index (χ1) is 10.2. The van der Waals surface area contributed by atoms with Gasteiger partial charge in [-0.25, -0.2) is 0 Å². The van der Waals surface area contributed by atoms with E-state index in [2.05, 4.69) is 27.4 Å². The van der Waals surface area contributed by atoms with E-state index in [1.54, 1.807) is 0 Å². The van der Waals surface area contributed by atoms with Crippen LogP contribution in [0.15, 0.2) is 30.5 Å². The minimum absolute atomic E-state index is 0.566. The molecule has 0 unspecified atom stereocenters. The molecule has 0 radical (unpaired) electrons. The van der Waals surface area contributed by atoms with Crippen LogP contribution in [0.3, 0.4) is 0 Å². The summed E-state index contributed by atoms with van der Waals surface area (Å²) >= 11 is 12.3. The second kappa shape index (κ2) is 6.71. The summed E-state index contributed by atoms with van der Waals surface area (Å²) in [7, 11) is 0. The van der Waals surface area contributed by atoms with Gasteiger partial charge in [0.25, 0.3) is 0 Å². The Labute approximate surface area is 135 Å². The summed E-state index contributed by atoms with van der Waals surface area (Å²) in [5, 5.41) is 9.22. The van der Waals surface area contributed by atoms with E-state index in [9.17, 15) is 0 Å². The van der Waals surface area contributed by atoms with Gasteiger partial charge in [-0.15, -0.1) is 0 Å². The van der Waals surface area contributed by atoms with E-state index >= 15 is 0 Å². The minimum atomic E-state index is 0.566. The summed E-state index contributed by atoms with van der Waals surface area (Å²) in [5.41, 5.74) is 1.78. The number of benzene rings is 1. The van der Waals surface area contributed by atoms with E-state index < -0.39 is 0 Å². The van der Waals surface area contributed by atoms with E-state index in [0.717, 1.165) is 11.4 Å². The molecule has 0 saturated heterocycles. The molecule has 5 heteroatoms. The molecule has 3 nitrogen and oxygen atoms in total. The number of halogens is 2. The smallest absolute Gasteiger partial charge is 0.0815 e. The van der Waals surface area contributed by atoms with Crippen molar-refractivity contribution < 1.29 is 0 Å². The number of para-hydroxylation sites is 1. The Morgan fingerprint density at radius 2 is 1.81 bits per heavy atom. The number of rotatable bonds is 4. The van der Waals surface area contributed by atoms with Crippen LogP contribution >= 0.6 is 23.2 Å². The van der Waals surface area contributed by atoms with Crippen molar-refractivity contribution in [3.63, 3.8) is 0 Å².